The molecule has 0 atom stereocenters. The number of rotatable bonds is 4. The maximum absolute atomic E-state index is 11.6. The number of esters is 1. The SMILES string of the molecule is O=C(OCc1nc(-c2ccc(Cl)cc2)no1)c1ccco1. The van der Waals surface area contributed by atoms with Crippen molar-refractivity contribution in [3.05, 3.63) is 59.3 Å². The van der Waals surface area contributed by atoms with E-state index >= 15 is 0 Å². The number of hydrogen-bond acceptors (Lipinski definition) is 6. The monoisotopic (exact) mass is 304 g/mol. The minimum atomic E-state index is -0.591. The highest BCUT2D eigenvalue weighted by atomic mass is 35.5. The first-order chi connectivity index (χ1) is 10.2. The summed E-state index contributed by atoms with van der Waals surface area (Å²) < 4.78 is 14.9. The molecule has 6 nitrogen and oxygen atoms in total. The number of aromatic nitrogens is 2. The number of furan rings is 1. The molecule has 0 radical (unpaired) electrons. The topological polar surface area (TPSA) is 78.4 Å². The van der Waals surface area contributed by atoms with Crippen molar-refractivity contribution >= 4 is 17.6 Å². The molecule has 0 bridgehead atoms. The van der Waals surface area contributed by atoms with Crippen LogP contribution in [0.4, 0.5) is 0 Å². The fourth-order valence-corrected chi connectivity index (χ4v) is 1.75. The fraction of sp³-hybridized carbons (Fsp3) is 0.0714. The van der Waals surface area contributed by atoms with Crippen LogP contribution >= 0.6 is 11.6 Å². The lowest BCUT2D eigenvalue weighted by molar-refractivity contribution is 0.0394. The highest BCUT2D eigenvalue weighted by molar-refractivity contribution is 6.30. The second-order valence-corrected chi connectivity index (χ2v) is 4.51. The maximum Gasteiger partial charge on any atom is 0.374 e. The second kappa shape index (κ2) is 5.80. The molecule has 0 saturated heterocycles. The van der Waals surface area contributed by atoms with E-state index in [4.69, 9.17) is 25.3 Å². The molecule has 3 rings (SSSR count). The van der Waals surface area contributed by atoms with E-state index in [0.717, 1.165) is 5.56 Å². The largest absolute Gasteiger partial charge is 0.457 e. The Labute approximate surface area is 124 Å². The van der Waals surface area contributed by atoms with Crippen molar-refractivity contribution in [1.82, 2.24) is 10.1 Å². The standard InChI is InChI=1S/C14H9ClN2O4/c15-10-5-3-9(4-6-10)13-16-12(21-17-13)8-20-14(18)11-2-1-7-19-11/h1-7H,8H2. The molecular formula is C14H9ClN2O4. The third-order valence-corrected chi connectivity index (χ3v) is 2.87. The van der Waals surface area contributed by atoms with Crippen LogP contribution in [0.25, 0.3) is 11.4 Å². The predicted molar refractivity (Wildman–Crippen MR) is 72.6 cm³/mol. The van der Waals surface area contributed by atoms with E-state index in [0.29, 0.717) is 10.8 Å². The lowest BCUT2D eigenvalue weighted by Crippen LogP contribution is -2.04. The Balaban J connectivity index is 1.65. The summed E-state index contributed by atoms with van der Waals surface area (Å²) in [6.45, 7) is -0.125. The van der Waals surface area contributed by atoms with Gasteiger partial charge in [-0.3, -0.25) is 0 Å². The van der Waals surface area contributed by atoms with Gasteiger partial charge in [-0.15, -0.1) is 0 Å². The Hall–Kier alpha value is -2.60. The molecule has 0 aliphatic heterocycles. The first-order valence-corrected chi connectivity index (χ1v) is 6.39. The van der Waals surface area contributed by atoms with Crippen LogP contribution < -0.4 is 0 Å². The average molecular weight is 305 g/mol. The molecule has 0 saturated carbocycles. The van der Waals surface area contributed by atoms with Gasteiger partial charge in [0.15, 0.2) is 6.61 Å². The van der Waals surface area contributed by atoms with Crippen molar-refractivity contribution in [2.45, 2.75) is 6.61 Å². The molecule has 2 aromatic heterocycles. The number of carbonyl (C=O) groups excluding carboxylic acids is 1. The van der Waals surface area contributed by atoms with Crippen LogP contribution in [0.5, 0.6) is 0 Å². The van der Waals surface area contributed by atoms with Crippen LogP contribution in [-0.4, -0.2) is 16.1 Å². The predicted octanol–water partition coefficient (Wildman–Crippen LogP) is 3.34. The summed E-state index contributed by atoms with van der Waals surface area (Å²) in [6.07, 6.45) is 1.39. The maximum atomic E-state index is 11.6. The summed E-state index contributed by atoms with van der Waals surface area (Å²) >= 11 is 5.81. The Bertz CT molecular complexity index is 735. The smallest absolute Gasteiger partial charge is 0.374 e. The minimum Gasteiger partial charge on any atom is -0.457 e. The van der Waals surface area contributed by atoms with Crippen molar-refractivity contribution in [1.29, 1.82) is 0 Å². The summed E-state index contributed by atoms with van der Waals surface area (Å²) in [4.78, 5) is 15.7. The fourth-order valence-electron chi connectivity index (χ4n) is 1.62. The van der Waals surface area contributed by atoms with Gasteiger partial charge in [-0.05, 0) is 36.4 Å². The molecule has 3 aromatic rings. The number of hydrogen-bond donors (Lipinski definition) is 0. The van der Waals surface area contributed by atoms with Crippen LogP contribution in [0.3, 0.4) is 0 Å². The van der Waals surface area contributed by atoms with Gasteiger partial charge in [0.05, 0.1) is 6.26 Å². The van der Waals surface area contributed by atoms with Gasteiger partial charge >= 0.3 is 5.97 Å². The van der Waals surface area contributed by atoms with Crippen molar-refractivity contribution in [2.24, 2.45) is 0 Å². The third kappa shape index (κ3) is 3.11. The average Bonchev–Trinajstić information content (AvgIpc) is 3.17. The molecule has 0 aliphatic rings. The molecule has 21 heavy (non-hydrogen) atoms. The molecule has 0 aliphatic carbocycles. The van der Waals surface area contributed by atoms with Gasteiger partial charge in [0, 0.05) is 10.6 Å². The van der Waals surface area contributed by atoms with Crippen LogP contribution in [-0.2, 0) is 11.3 Å². The normalized spacial score (nSPS) is 10.5. The van der Waals surface area contributed by atoms with Crippen LogP contribution in [0, 0.1) is 0 Å². The number of nitrogens with zero attached hydrogens (tertiary/aromatic N) is 2. The zero-order chi connectivity index (χ0) is 14.7. The molecule has 0 unspecified atom stereocenters. The summed E-state index contributed by atoms with van der Waals surface area (Å²) in [6, 6.07) is 10.1. The second-order valence-electron chi connectivity index (χ2n) is 4.07. The lowest BCUT2D eigenvalue weighted by Gasteiger charge is -1.97. The van der Waals surface area contributed by atoms with Crippen molar-refractivity contribution in [3.63, 3.8) is 0 Å². The minimum absolute atomic E-state index is 0.118. The number of benzene rings is 1. The summed E-state index contributed by atoms with van der Waals surface area (Å²) in [5.41, 5.74) is 0.756. The molecule has 0 N–H and O–H groups in total. The molecule has 0 fully saturated rings. The Morgan fingerprint density at radius 3 is 2.76 bits per heavy atom. The van der Waals surface area contributed by atoms with Gasteiger partial charge in [-0.1, -0.05) is 16.8 Å². The van der Waals surface area contributed by atoms with Crippen LogP contribution in [0.15, 0.2) is 51.6 Å². The zero-order valence-electron chi connectivity index (χ0n) is 10.7. The first-order valence-electron chi connectivity index (χ1n) is 6.01. The van der Waals surface area contributed by atoms with Crippen LogP contribution in [0.2, 0.25) is 5.02 Å². The summed E-state index contributed by atoms with van der Waals surface area (Å²) in [5, 5.41) is 4.43. The molecule has 0 amide bonds. The van der Waals surface area contributed by atoms with Gasteiger partial charge < -0.3 is 13.7 Å². The highest BCUT2D eigenvalue weighted by Gasteiger charge is 2.14. The molecule has 106 valence electrons. The van der Waals surface area contributed by atoms with Gasteiger partial charge in [0.2, 0.25) is 11.6 Å². The van der Waals surface area contributed by atoms with Gasteiger partial charge in [-0.25, -0.2) is 4.79 Å². The van der Waals surface area contributed by atoms with E-state index in [1.54, 1.807) is 30.3 Å². The Kier molecular flexibility index (Phi) is 3.70. The summed E-state index contributed by atoms with van der Waals surface area (Å²) in [5.74, 6) is 0.120. The molecule has 1 aromatic carbocycles. The Morgan fingerprint density at radius 1 is 1.24 bits per heavy atom. The van der Waals surface area contributed by atoms with Gasteiger partial charge in [0.25, 0.3) is 5.89 Å². The quantitative estimate of drug-likeness (QED) is 0.688. The van der Waals surface area contributed by atoms with Gasteiger partial charge in [-0.2, -0.15) is 4.98 Å². The van der Waals surface area contributed by atoms with E-state index in [1.807, 2.05) is 0 Å². The number of halogens is 1. The lowest BCUT2D eigenvalue weighted by atomic mass is 10.2. The van der Waals surface area contributed by atoms with Crippen molar-refractivity contribution in [2.75, 3.05) is 0 Å². The summed E-state index contributed by atoms with van der Waals surface area (Å²) in [7, 11) is 0. The highest BCUT2D eigenvalue weighted by Crippen LogP contribution is 2.19. The van der Waals surface area contributed by atoms with Crippen molar-refractivity contribution in [3.8, 4) is 11.4 Å². The van der Waals surface area contributed by atoms with Crippen LogP contribution in [0.1, 0.15) is 16.4 Å². The van der Waals surface area contributed by atoms with E-state index in [-0.39, 0.29) is 18.3 Å². The molecular weight excluding hydrogens is 296 g/mol. The number of carbonyl (C=O) groups is 1. The van der Waals surface area contributed by atoms with E-state index < -0.39 is 5.97 Å². The van der Waals surface area contributed by atoms with E-state index in [9.17, 15) is 4.79 Å². The first kappa shape index (κ1) is 13.4. The molecule has 2 heterocycles. The van der Waals surface area contributed by atoms with E-state index in [2.05, 4.69) is 10.1 Å². The molecule has 0 spiro atoms. The molecule has 7 heteroatoms. The van der Waals surface area contributed by atoms with Crippen molar-refractivity contribution < 1.29 is 18.5 Å². The van der Waals surface area contributed by atoms with Gasteiger partial charge in [0.1, 0.15) is 0 Å². The zero-order valence-corrected chi connectivity index (χ0v) is 11.4. The Morgan fingerprint density at radius 2 is 2.05 bits per heavy atom. The van der Waals surface area contributed by atoms with E-state index in [1.165, 1.54) is 12.3 Å². The number of ether oxygens (including phenoxy) is 1. The third-order valence-electron chi connectivity index (χ3n) is 2.62.